The SMILES string of the molecule is CC(C)(C)C1CCCC(NC2(C(F)(F)F)CC2)CC1. The number of hydrogen-bond donors (Lipinski definition) is 1. The van der Waals surface area contributed by atoms with Crippen molar-refractivity contribution in [3.05, 3.63) is 0 Å². The van der Waals surface area contributed by atoms with Crippen molar-refractivity contribution in [3.63, 3.8) is 0 Å². The third-order valence-electron chi connectivity index (χ3n) is 4.97. The van der Waals surface area contributed by atoms with Gasteiger partial charge in [0, 0.05) is 6.04 Å². The van der Waals surface area contributed by atoms with Crippen molar-refractivity contribution < 1.29 is 13.2 Å². The van der Waals surface area contributed by atoms with E-state index in [9.17, 15) is 13.2 Å². The van der Waals surface area contributed by atoms with E-state index in [1.54, 1.807) is 0 Å². The number of nitrogens with one attached hydrogen (secondary N) is 1. The zero-order valence-corrected chi connectivity index (χ0v) is 12.2. The van der Waals surface area contributed by atoms with E-state index in [2.05, 4.69) is 26.1 Å². The summed E-state index contributed by atoms with van der Waals surface area (Å²) >= 11 is 0. The summed E-state index contributed by atoms with van der Waals surface area (Å²) in [4.78, 5) is 0. The highest BCUT2D eigenvalue weighted by Gasteiger charge is 2.63. The lowest BCUT2D eigenvalue weighted by Gasteiger charge is -2.30. The van der Waals surface area contributed by atoms with E-state index in [1.807, 2.05) is 0 Å². The molecule has 2 atom stereocenters. The molecule has 2 aliphatic rings. The fourth-order valence-corrected chi connectivity index (χ4v) is 3.34. The van der Waals surface area contributed by atoms with Crippen LogP contribution >= 0.6 is 0 Å². The predicted molar refractivity (Wildman–Crippen MR) is 71.0 cm³/mol. The fraction of sp³-hybridized carbons (Fsp3) is 1.00. The second-order valence-corrected chi connectivity index (χ2v) is 7.49. The van der Waals surface area contributed by atoms with Gasteiger partial charge in [0.2, 0.25) is 0 Å². The molecule has 0 saturated heterocycles. The summed E-state index contributed by atoms with van der Waals surface area (Å²) in [6.07, 6.45) is 1.47. The maximum atomic E-state index is 13.0. The maximum Gasteiger partial charge on any atom is 0.406 e. The van der Waals surface area contributed by atoms with Gasteiger partial charge in [-0.2, -0.15) is 13.2 Å². The first-order valence-corrected chi connectivity index (χ1v) is 7.48. The average Bonchev–Trinajstić information content (AvgIpc) is 3.01. The third-order valence-corrected chi connectivity index (χ3v) is 4.97. The normalized spacial score (nSPS) is 31.9. The summed E-state index contributed by atoms with van der Waals surface area (Å²) in [5.74, 6) is 0.639. The molecule has 19 heavy (non-hydrogen) atoms. The van der Waals surface area contributed by atoms with Crippen LogP contribution in [0.25, 0.3) is 0 Å². The Bertz CT molecular complexity index is 312. The van der Waals surface area contributed by atoms with E-state index in [4.69, 9.17) is 0 Å². The molecule has 0 spiro atoms. The van der Waals surface area contributed by atoms with E-state index in [0.29, 0.717) is 5.92 Å². The molecule has 0 amide bonds. The molecular formula is C15H26F3N. The molecule has 2 fully saturated rings. The highest BCUT2D eigenvalue weighted by atomic mass is 19.4. The molecule has 2 saturated carbocycles. The van der Waals surface area contributed by atoms with Gasteiger partial charge in [-0.15, -0.1) is 0 Å². The van der Waals surface area contributed by atoms with E-state index < -0.39 is 11.7 Å². The summed E-state index contributed by atoms with van der Waals surface area (Å²) in [5.41, 5.74) is -1.27. The van der Waals surface area contributed by atoms with Gasteiger partial charge in [-0.25, -0.2) is 0 Å². The topological polar surface area (TPSA) is 12.0 Å². The fourth-order valence-electron chi connectivity index (χ4n) is 3.34. The number of alkyl halides is 3. The van der Waals surface area contributed by atoms with E-state index in [0.717, 1.165) is 32.1 Å². The predicted octanol–water partition coefficient (Wildman–Crippen LogP) is 4.67. The van der Waals surface area contributed by atoms with E-state index in [1.165, 1.54) is 0 Å². The summed E-state index contributed by atoms with van der Waals surface area (Å²) < 4.78 is 38.9. The van der Waals surface area contributed by atoms with Crippen LogP contribution in [0.1, 0.15) is 65.7 Å². The molecule has 4 heteroatoms. The van der Waals surface area contributed by atoms with Gasteiger partial charge in [0.15, 0.2) is 0 Å². The van der Waals surface area contributed by atoms with Crippen LogP contribution in [0.15, 0.2) is 0 Å². The molecule has 0 aromatic heterocycles. The molecule has 1 N–H and O–H groups in total. The minimum Gasteiger partial charge on any atom is -0.301 e. The van der Waals surface area contributed by atoms with Crippen LogP contribution < -0.4 is 5.32 Å². The summed E-state index contributed by atoms with van der Waals surface area (Å²) in [6, 6.07) is 0.0523. The van der Waals surface area contributed by atoms with Crippen molar-refractivity contribution in [2.75, 3.05) is 0 Å². The van der Waals surface area contributed by atoms with Crippen molar-refractivity contribution in [2.45, 2.75) is 83.5 Å². The maximum absolute atomic E-state index is 13.0. The summed E-state index contributed by atoms with van der Waals surface area (Å²) in [6.45, 7) is 6.72. The van der Waals surface area contributed by atoms with Gasteiger partial charge in [-0.1, -0.05) is 27.2 Å². The number of halogens is 3. The first-order valence-electron chi connectivity index (χ1n) is 7.48. The standard InChI is InChI=1S/C15H26F3N/c1-13(2,3)11-5-4-6-12(8-7-11)19-14(9-10-14)15(16,17)18/h11-12,19H,4-10H2,1-3H3. The lowest BCUT2D eigenvalue weighted by molar-refractivity contribution is -0.168. The van der Waals surface area contributed by atoms with Crippen molar-refractivity contribution in [1.82, 2.24) is 5.32 Å². The van der Waals surface area contributed by atoms with Gasteiger partial charge in [0.05, 0.1) is 0 Å². The Morgan fingerprint density at radius 2 is 1.58 bits per heavy atom. The van der Waals surface area contributed by atoms with E-state index in [-0.39, 0.29) is 24.3 Å². The van der Waals surface area contributed by atoms with Crippen LogP contribution in [0.4, 0.5) is 13.2 Å². The van der Waals surface area contributed by atoms with Crippen molar-refractivity contribution >= 4 is 0 Å². The Labute approximate surface area is 114 Å². The monoisotopic (exact) mass is 277 g/mol. The highest BCUT2D eigenvalue weighted by Crippen LogP contribution is 2.50. The molecular weight excluding hydrogens is 251 g/mol. The minimum atomic E-state index is -4.08. The van der Waals surface area contributed by atoms with Crippen LogP contribution in [0, 0.1) is 11.3 Å². The molecule has 112 valence electrons. The van der Waals surface area contributed by atoms with Gasteiger partial charge in [0.25, 0.3) is 0 Å². The zero-order valence-electron chi connectivity index (χ0n) is 12.2. The molecule has 2 rings (SSSR count). The average molecular weight is 277 g/mol. The van der Waals surface area contributed by atoms with Crippen molar-refractivity contribution in [2.24, 2.45) is 11.3 Å². The second-order valence-electron chi connectivity index (χ2n) is 7.49. The Balaban J connectivity index is 1.91. The Morgan fingerprint density at radius 3 is 2.05 bits per heavy atom. The lowest BCUT2D eigenvalue weighted by atomic mass is 9.76. The zero-order chi connectivity index (χ0) is 14.3. The lowest BCUT2D eigenvalue weighted by Crippen LogP contribution is -2.49. The molecule has 0 bridgehead atoms. The molecule has 0 aromatic carbocycles. The third kappa shape index (κ3) is 3.45. The molecule has 0 heterocycles. The van der Waals surface area contributed by atoms with E-state index >= 15 is 0 Å². The van der Waals surface area contributed by atoms with Gasteiger partial charge >= 0.3 is 6.18 Å². The van der Waals surface area contributed by atoms with Crippen LogP contribution in [0.5, 0.6) is 0 Å². The van der Waals surface area contributed by atoms with Crippen LogP contribution in [0.2, 0.25) is 0 Å². The van der Waals surface area contributed by atoms with Crippen molar-refractivity contribution in [3.8, 4) is 0 Å². The van der Waals surface area contributed by atoms with Gasteiger partial charge in [0.1, 0.15) is 5.54 Å². The first-order chi connectivity index (χ1) is 8.64. The van der Waals surface area contributed by atoms with Gasteiger partial charge < -0.3 is 5.32 Å². The smallest absolute Gasteiger partial charge is 0.301 e. The molecule has 1 nitrogen and oxygen atoms in total. The van der Waals surface area contributed by atoms with Crippen LogP contribution in [-0.2, 0) is 0 Å². The Hall–Kier alpha value is -0.250. The van der Waals surface area contributed by atoms with Gasteiger partial charge in [-0.05, 0) is 49.9 Å². The molecule has 0 aliphatic heterocycles. The molecule has 2 unspecified atom stereocenters. The Morgan fingerprint density at radius 1 is 0.947 bits per heavy atom. The quantitative estimate of drug-likeness (QED) is 0.723. The second kappa shape index (κ2) is 4.94. The minimum absolute atomic E-state index is 0.0523. The van der Waals surface area contributed by atoms with Crippen molar-refractivity contribution in [1.29, 1.82) is 0 Å². The largest absolute Gasteiger partial charge is 0.406 e. The number of hydrogen-bond acceptors (Lipinski definition) is 1. The molecule has 0 radical (unpaired) electrons. The summed E-state index contributed by atoms with van der Waals surface area (Å²) in [7, 11) is 0. The molecule has 0 aromatic rings. The molecule has 2 aliphatic carbocycles. The highest BCUT2D eigenvalue weighted by molar-refractivity contribution is 5.09. The summed E-state index contributed by atoms with van der Waals surface area (Å²) in [5, 5.41) is 2.93. The number of rotatable bonds is 2. The van der Waals surface area contributed by atoms with Crippen LogP contribution in [-0.4, -0.2) is 17.8 Å². The Kier molecular flexibility index (Phi) is 3.94. The van der Waals surface area contributed by atoms with Gasteiger partial charge in [-0.3, -0.25) is 0 Å². The van der Waals surface area contributed by atoms with Crippen LogP contribution in [0.3, 0.4) is 0 Å². The first kappa shape index (κ1) is 15.1.